The van der Waals surface area contributed by atoms with E-state index in [4.69, 9.17) is 9.84 Å². The Morgan fingerprint density at radius 3 is 2.52 bits per heavy atom. The molecule has 1 unspecified atom stereocenters. The Labute approximate surface area is 123 Å². The van der Waals surface area contributed by atoms with E-state index in [1.54, 1.807) is 6.92 Å². The molecule has 0 fully saturated rings. The van der Waals surface area contributed by atoms with Crippen molar-refractivity contribution >= 4 is 11.9 Å². The summed E-state index contributed by atoms with van der Waals surface area (Å²) in [4.78, 5) is 22.7. The van der Waals surface area contributed by atoms with Gasteiger partial charge in [-0.3, -0.25) is 4.79 Å². The topological polar surface area (TPSA) is 75.6 Å². The summed E-state index contributed by atoms with van der Waals surface area (Å²) in [6, 6.07) is 3.38. The number of carbonyl (C=O) groups is 2. The molecule has 116 valence electrons. The Morgan fingerprint density at radius 2 is 2.05 bits per heavy atom. The quantitative estimate of drug-likeness (QED) is 0.846. The third-order valence-electron chi connectivity index (χ3n) is 3.20. The van der Waals surface area contributed by atoms with E-state index in [-0.39, 0.29) is 17.2 Å². The maximum Gasteiger partial charge on any atom is 0.338 e. The van der Waals surface area contributed by atoms with E-state index in [1.165, 1.54) is 6.07 Å². The second kappa shape index (κ2) is 6.56. The van der Waals surface area contributed by atoms with Crippen molar-refractivity contribution in [1.82, 2.24) is 5.32 Å². The number of benzene rings is 1. The van der Waals surface area contributed by atoms with Crippen LogP contribution >= 0.6 is 0 Å². The monoisotopic (exact) mass is 297 g/mol. The van der Waals surface area contributed by atoms with Gasteiger partial charge in [-0.2, -0.15) is 0 Å². The van der Waals surface area contributed by atoms with Crippen LogP contribution in [0.5, 0.6) is 5.75 Å². The minimum atomic E-state index is -1.35. The van der Waals surface area contributed by atoms with Crippen molar-refractivity contribution < 1.29 is 23.8 Å². The Morgan fingerprint density at radius 1 is 1.43 bits per heavy atom. The van der Waals surface area contributed by atoms with Gasteiger partial charge in [-0.05, 0) is 39.3 Å². The summed E-state index contributed by atoms with van der Waals surface area (Å²) in [5, 5.41) is 11.6. The van der Waals surface area contributed by atoms with E-state index in [0.29, 0.717) is 0 Å². The van der Waals surface area contributed by atoms with Crippen LogP contribution in [-0.4, -0.2) is 28.6 Å². The number of carbonyl (C=O) groups excluding carboxylic acids is 1. The molecule has 0 saturated heterocycles. The molecule has 2 N–H and O–H groups in total. The molecule has 6 heteroatoms. The van der Waals surface area contributed by atoms with Crippen LogP contribution in [0, 0.1) is 5.82 Å². The van der Waals surface area contributed by atoms with Crippen LogP contribution in [0.25, 0.3) is 0 Å². The van der Waals surface area contributed by atoms with Gasteiger partial charge in [-0.1, -0.05) is 6.92 Å². The summed E-state index contributed by atoms with van der Waals surface area (Å²) in [5.41, 5.74) is -0.792. The van der Waals surface area contributed by atoms with Crippen molar-refractivity contribution in [2.45, 2.75) is 45.8 Å². The van der Waals surface area contributed by atoms with Crippen LogP contribution in [0.3, 0.4) is 0 Å². The lowest BCUT2D eigenvalue weighted by molar-refractivity contribution is -0.129. The number of halogens is 1. The van der Waals surface area contributed by atoms with Crippen LogP contribution in [0.2, 0.25) is 0 Å². The number of carboxylic acid groups (broad SMARTS) is 1. The summed E-state index contributed by atoms with van der Waals surface area (Å²) in [6.07, 6.45) is -0.0566. The van der Waals surface area contributed by atoms with Gasteiger partial charge >= 0.3 is 5.97 Å². The fraction of sp³-hybridized carbons (Fsp3) is 0.467. The molecular formula is C15H20FNO4. The summed E-state index contributed by atoms with van der Waals surface area (Å²) in [6.45, 7) is 7.27. The lowest BCUT2D eigenvalue weighted by Crippen LogP contribution is -2.48. The average Bonchev–Trinajstić information content (AvgIpc) is 2.37. The molecule has 0 bridgehead atoms. The van der Waals surface area contributed by atoms with Gasteiger partial charge in [0, 0.05) is 11.6 Å². The predicted octanol–water partition coefficient (Wildman–Crippen LogP) is 2.60. The van der Waals surface area contributed by atoms with Gasteiger partial charge in [0.1, 0.15) is 11.6 Å². The van der Waals surface area contributed by atoms with E-state index in [0.717, 1.165) is 18.6 Å². The first-order valence-electron chi connectivity index (χ1n) is 6.68. The molecule has 1 atom stereocenters. The normalized spacial score (nSPS) is 12.6. The average molecular weight is 297 g/mol. The van der Waals surface area contributed by atoms with Gasteiger partial charge in [-0.25, -0.2) is 9.18 Å². The fourth-order valence-electron chi connectivity index (χ4n) is 1.52. The summed E-state index contributed by atoms with van der Waals surface area (Å²) in [7, 11) is 0. The Kier molecular flexibility index (Phi) is 5.29. The number of nitrogens with one attached hydrogen (secondary N) is 1. The highest BCUT2D eigenvalue weighted by Gasteiger charge is 2.23. The maximum absolute atomic E-state index is 13.5. The maximum atomic E-state index is 13.5. The number of carboxylic acids is 1. The molecule has 0 saturated carbocycles. The Bertz CT molecular complexity index is 542. The number of hydrogen-bond donors (Lipinski definition) is 2. The van der Waals surface area contributed by atoms with Crippen molar-refractivity contribution in [2.75, 3.05) is 0 Å². The highest BCUT2D eigenvalue weighted by Crippen LogP contribution is 2.18. The smallest absolute Gasteiger partial charge is 0.338 e. The van der Waals surface area contributed by atoms with E-state index < -0.39 is 23.5 Å². The van der Waals surface area contributed by atoms with Gasteiger partial charge in [-0.15, -0.1) is 0 Å². The van der Waals surface area contributed by atoms with Crippen LogP contribution < -0.4 is 10.1 Å². The Balaban J connectivity index is 2.75. The molecule has 0 radical (unpaired) electrons. The summed E-state index contributed by atoms with van der Waals surface area (Å²) >= 11 is 0. The zero-order valence-electron chi connectivity index (χ0n) is 12.6. The number of hydrogen-bond acceptors (Lipinski definition) is 3. The second-order valence-corrected chi connectivity index (χ2v) is 5.43. The lowest BCUT2D eigenvalue weighted by atomic mass is 10.0. The minimum Gasteiger partial charge on any atom is -0.481 e. The molecule has 0 aromatic heterocycles. The first kappa shape index (κ1) is 16.9. The molecule has 0 spiro atoms. The van der Waals surface area contributed by atoms with Crippen LogP contribution in [-0.2, 0) is 4.79 Å². The summed E-state index contributed by atoms with van der Waals surface area (Å²) < 4.78 is 18.9. The first-order valence-corrected chi connectivity index (χ1v) is 6.68. The highest BCUT2D eigenvalue weighted by atomic mass is 19.1. The number of ether oxygens (including phenoxy) is 1. The van der Waals surface area contributed by atoms with Crippen LogP contribution in [0.15, 0.2) is 18.2 Å². The van der Waals surface area contributed by atoms with Crippen molar-refractivity contribution in [3.8, 4) is 5.75 Å². The molecular weight excluding hydrogens is 277 g/mol. The molecule has 1 amide bonds. The minimum absolute atomic E-state index is 0.106. The SMILES string of the molecule is CCC(C)(C)NC(=O)C(C)Oc1ccc(C(=O)O)c(F)c1. The second-order valence-electron chi connectivity index (χ2n) is 5.43. The highest BCUT2D eigenvalue weighted by molar-refractivity contribution is 5.88. The van der Waals surface area contributed by atoms with E-state index >= 15 is 0 Å². The van der Waals surface area contributed by atoms with Crippen molar-refractivity contribution in [1.29, 1.82) is 0 Å². The standard InChI is InChI=1S/C15H20FNO4/c1-5-15(3,4)17-13(18)9(2)21-10-6-7-11(14(19)20)12(16)8-10/h6-9H,5H2,1-4H3,(H,17,18)(H,19,20). The molecule has 0 heterocycles. The van der Waals surface area contributed by atoms with Gasteiger partial charge in [0.05, 0.1) is 5.56 Å². The molecule has 1 aromatic carbocycles. The number of rotatable bonds is 6. The number of amides is 1. The molecule has 1 aromatic rings. The molecule has 0 aliphatic heterocycles. The van der Waals surface area contributed by atoms with Gasteiger partial charge in [0.15, 0.2) is 6.10 Å². The van der Waals surface area contributed by atoms with Crippen LogP contribution in [0.1, 0.15) is 44.5 Å². The van der Waals surface area contributed by atoms with Crippen molar-refractivity contribution in [2.24, 2.45) is 0 Å². The lowest BCUT2D eigenvalue weighted by Gasteiger charge is -2.26. The summed E-state index contributed by atoms with van der Waals surface area (Å²) in [5.74, 6) is -2.46. The third kappa shape index (κ3) is 4.73. The van der Waals surface area contributed by atoms with Gasteiger partial charge in [0.25, 0.3) is 5.91 Å². The van der Waals surface area contributed by atoms with E-state index in [9.17, 15) is 14.0 Å². The van der Waals surface area contributed by atoms with E-state index in [2.05, 4.69) is 5.32 Å². The zero-order chi connectivity index (χ0) is 16.2. The molecule has 1 rings (SSSR count). The van der Waals surface area contributed by atoms with Gasteiger partial charge in [0.2, 0.25) is 0 Å². The third-order valence-corrected chi connectivity index (χ3v) is 3.20. The van der Waals surface area contributed by atoms with Crippen LogP contribution in [0.4, 0.5) is 4.39 Å². The van der Waals surface area contributed by atoms with Crippen molar-refractivity contribution in [3.63, 3.8) is 0 Å². The number of aromatic carboxylic acids is 1. The first-order chi connectivity index (χ1) is 9.66. The largest absolute Gasteiger partial charge is 0.481 e. The fourth-order valence-corrected chi connectivity index (χ4v) is 1.52. The predicted molar refractivity (Wildman–Crippen MR) is 76.0 cm³/mol. The Hall–Kier alpha value is -2.11. The van der Waals surface area contributed by atoms with Gasteiger partial charge < -0.3 is 15.2 Å². The molecule has 21 heavy (non-hydrogen) atoms. The zero-order valence-corrected chi connectivity index (χ0v) is 12.6. The molecule has 0 aliphatic carbocycles. The van der Waals surface area contributed by atoms with E-state index in [1.807, 2.05) is 20.8 Å². The molecule has 0 aliphatic rings. The van der Waals surface area contributed by atoms with Crippen molar-refractivity contribution in [3.05, 3.63) is 29.6 Å². The molecule has 5 nitrogen and oxygen atoms in total.